The summed E-state index contributed by atoms with van der Waals surface area (Å²) < 4.78 is 11.1. The summed E-state index contributed by atoms with van der Waals surface area (Å²) in [6, 6.07) is 3.83. The molecule has 8 nitrogen and oxygen atoms in total. The Kier molecular flexibility index (Phi) is 5.45. The minimum Gasteiger partial charge on any atom is -0.379 e. The van der Waals surface area contributed by atoms with Crippen molar-refractivity contribution in [3.05, 3.63) is 30.4 Å². The van der Waals surface area contributed by atoms with E-state index in [9.17, 15) is 4.79 Å². The smallest absolute Gasteiger partial charge is 0.226 e. The van der Waals surface area contributed by atoms with Gasteiger partial charge in [-0.3, -0.25) is 9.78 Å². The van der Waals surface area contributed by atoms with Gasteiger partial charge in [-0.2, -0.15) is 4.98 Å². The first-order valence-electron chi connectivity index (χ1n) is 9.48. The van der Waals surface area contributed by atoms with Gasteiger partial charge in [0.25, 0.3) is 0 Å². The lowest BCUT2D eigenvalue weighted by Gasteiger charge is -2.29. The lowest BCUT2D eigenvalue weighted by atomic mass is 10.1. The number of hydrogen-bond donors (Lipinski definition) is 0. The van der Waals surface area contributed by atoms with Crippen LogP contribution in [0.4, 0.5) is 0 Å². The summed E-state index contributed by atoms with van der Waals surface area (Å²) in [7, 11) is 2.12. The summed E-state index contributed by atoms with van der Waals surface area (Å²) in [4.78, 5) is 25.5. The van der Waals surface area contributed by atoms with Crippen LogP contribution in [0.15, 0.2) is 29.0 Å². The van der Waals surface area contributed by atoms with E-state index in [2.05, 4.69) is 27.1 Å². The Labute approximate surface area is 158 Å². The molecule has 0 N–H and O–H groups in total. The zero-order chi connectivity index (χ0) is 18.6. The molecule has 2 aliphatic heterocycles. The molecule has 1 amide bonds. The van der Waals surface area contributed by atoms with Crippen molar-refractivity contribution in [2.24, 2.45) is 5.92 Å². The second kappa shape index (κ2) is 8.14. The average molecular weight is 371 g/mol. The molecule has 0 aromatic carbocycles. The maximum absolute atomic E-state index is 12.8. The molecule has 144 valence electrons. The molecule has 0 unspecified atom stereocenters. The third kappa shape index (κ3) is 4.33. The van der Waals surface area contributed by atoms with E-state index in [4.69, 9.17) is 9.26 Å². The van der Waals surface area contributed by atoms with Gasteiger partial charge in [0.15, 0.2) is 0 Å². The molecular formula is C19H25N5O3. The minimum atomic E-state index is 0.150. The van der Waals surface area contributed by atoms with Crippen molar-refractivity contribution < 1.29 is 14.1 Å². The molecule has 4 rings (SSSR count). The standard InChI is InChI=1S/C19H25N5O3/c1-23-9-14-10-24(16(11-23)13-26-12-14)18(25)4-2-3-17-21-19(22-27-17)15-5-7-20-8-6-15/h5-8,14,16H,2-4,9-13H2,1H3/t14-,16-/m0/s1. The quantitative estimate of drug-likeness (QED) is 0.782. The first-order chi connectivity index (χ1) is 13.2. The van der Waals surface area contributed by atoms with E-state index in [1.165, 1.54) is 0 Å². The Morgan fingerprint density at radius 3 is 2.93 bits per heavy atom. The maximum Gasteiger partial charge on any atom is 0.226 e. The predicted octanol–water partition coefficient (Wildman–Crippen LogP) is 1.24. The number of aromatic nitrogens is 3. The van der Waals surface area contributed by atoms with Gasteiger partial charge in [-0.1, -0.05) is 5.16 Å². The number of nitrogens with zero attached hydrogens (tertiary/aromatic N) is 5. The third-order valence-corrected chi connectivity index (χ3v) is 5.16. The topological polar surface area (TPSA) is 84.6 Å². The normalized spacial score (nSPS) is 23.2. The summed E-state index contributed by atoms with van der Waals surface area (Å²) in [5, 5.41) is 4.01. The molecule has 2 aromatic heterocycles. The molecule has 8 heteroatoms. The van der Waals surface area contributed by atoms with Crippen LogP contribution in [-0.2, 0) is 16.0 Å². The summed E-state index contributed by atoms with van der Waals surface area (Å²) in [5.74, 6) is 1.71. The van der Waals surface area contributed by atoms with Gasteiger partial charge < -0.3 is 19.1 Å². The highest BCUT2D eigenvalue weighted by Crippen LogP contribution is 2.20. The number of carbonyl (C=O) groups excluding carboxylic acids is 1. The molecule has 0 saturated carbocycles. The van der Waals surface area contributed by atoms with E-state index >= 15 is 0 Å². The zero-order valence-electron chi connectivity index (χ0n) is 15.6. The minimum absolute atomic E-state index is 0.150. The number of pyridine rings is 1. The van der Waals surface area contributed by atoms with Gasteiger partial charge in [0, 0.05) is 56.4 Å². The van der Waals surface area contributed by atoms with Gasteiger partial charge in [0.05, 0.1) is 19.3 Å². The number of hydrogen-bond acceptors (Lipinski definition) is 7. The van der Waals surface area contributed by atoms with E-state index < -0.39 is 0 Å². The highest BCUT2D eigenvalue weighted by Gasteiger charge is 2.34. The number of rotatable bonds is 5. The fraction of sp³-hybridized carbons (Fsp3) is 0.579. The highest BCUT2D eigenvalue weighted by atomic mass is 16.5. The first-order valence-corrected chi connectivity index (χ1v) is 9.48. The highest BCUT2D eigenvalue weighted by molar-refractivity contribution is 5.76. The number of likely N-dealkylation sites (N-methyl/N-ethyl adjacent to an activating group) is 1. The van der Waals surface area contributed by atoms with Crippen LogP contribution in [0.2, 0.25) is 0 Å². The molecule has 0 aliphatic carbocycles. The van der Waals surface area contributed by atoms with Crippen molar-refractivity contribution in [1.82, 2.24) is 24.9 Å². The van der Waals surface area contributed by atoms with Crippen molar-refractivity contribution in [3.63, 3.8) is 0 Å². The van der Waals surface area contributed by atoms with Crippen molar-refractivity contribution >= 4 is 5.91 Å². The third-order valence-electron chi connectivity index (χ3n) is 5.16. The summed E-state index contributed by atoms with van der Waals surface area (Å²) >= 11 is 0. The van der Waals surface area contributed by atoms with Crippen molar-refractivity contribution in [1.29, 1.82) is 0 Å². The lowest BCUT2D eigenvalue weighted by molar-refractivity contribution is -0.134. The number of carbonyl (C=O) groups is 1. The van der Waals surface area contributed by atoms with Crippen LogP contribution >= 0.6 is 0 Å². The molecule has 4 heterocycles. The fourth-order valence-electron chi connectivity index (χ4n) is 3.89. The van der Waals surface area contributed by atoms with E-state index in [-0.39, 0.29) is 11.9 Å². The Bertz CT molecular complexity index is 766. The SMILES string of the molecule is CN1C[C@@H]2COC[C@H](C1)N(C(=O)CCCc1nc(-c3ccncc3)no1)C2. The maximum atomic E-state index is 12.8. The Morgan fingerprint density at radius 1 is 1.22 bits per heavy atom. The van der Waals surface area contributed by atoms with Crippen molar-refractivity contribution in [2.45, 2.75) is 25.3 Å². The van der Waals surface area contributed by atoms with Gasteiger partial charge in [-0.05, 0) is 25.6 Å². The van der Waals surface area contributed by atoms with Gasteiger partial charge in [0.1, 0.15) is 0 Å². The predicted molar refractivity (Wildman–Crippen MR) is 97.8 cm³/mol. The molecule has 27 heavy (non-hydrogen) atoms. The Morgan fingerprint density at radius 2 is 2.07 bits per heavy atom. The van der Waals surface area contributed by atoms with Crippen LogP contribution in [-0.4, -0.2) is 76.8 Å². The second-order valence-corrected chi connectivity index (χ2v) is 7.43. The molecule has 0 spiro atoms. The molecule has 2 saturated heterocycles. The van der Waals surface area contributed by atoms with Gasteiger partial charge >= 0.3 is 0 Å². The summed E-state index contributed by atoms with van der Waals surface area (Å²) in [6.45, 7) is 4.03. The van der Waals surface area contributed by atoms with E-state index in [1.54, 1.807) is 12.4 Å². The number of ether oxygens (including phenoxy) is 1. The van der Waals surface area contributed by atoms with Crippen LogP contribution in [0.25, 0.3) is 11.4 Å². The van der Waals surface area contributed by atoms with E-state index in [0.717, 1.165) is 31.8 Å². The summed E-state index contributed by atoms with van der Waals surface area (Å²) in [5.41, 5.74) is 0.872. The van der Waals surface area contributed by atoms with Crippen LogP contribution in [0.3, 0.4) is 0 Å². The van der Waals surface area contributed by atoms with Crippen molar-refractivity contribution in [2.75, 3.05) is 39.9 Å². The van der Waals surface area contributed by atoms with Gasteiger partial charge in [-0.25, -0.2) is 0 Å². The molecule has 0 radical (unpaired) electrons. The van der Waals surface area contributed by atoms with Crippen LogP contribution in [0, 0.1) is 5.92 Å². The molecule has 2 bridgehead atoms. The largest absolute Gasteiger partial charge is 0.379 e. The average Bonchev–Trinajstić information content (AvgIpc) is 2.96. The van der Waals surface area contributed by atoms with E-state index in [1.807, 2.05) is 17.0 Å². The molecular weight excluding hydrogens is 346 g/mol. The number of fused-ring (bicyclic) bond motifs is 3. The first kappa shape index (κ1) is 18.1. The van der Waals surface area contributed by atoms with Gasteiger partial charge in [-0.15, -0.1) is 0 Å². The number of aryl methyl sites for hydroxylation is 1. The number of amides is 1. The molecule has 2 aliphatic rings. The Hall–Kier alpha value is -2.32. The second-order valence-electron chi connectivity index (χ2n) is 7.43. The van der Waals surface area contributed by atoms with Crippen molar-refractivity contribution in [3.8, 4) is 11.4 Å². The van der Waals surface area contributed by atoms with Gasteiger partial charge in [0.2, 0.25) is 17.6 Å². The molecule has 2 aromatic rings. The lowest BCUT2D eigenvalue weighted by Crippen LogP contribution is -2.45. The molecule has 2 fully saturated rings. The molecule has 2 atom stereocenters. The van der Waals surface area contributed by atoms with Crippen LogP contribution in [0.1, 0.15) is 18.7 Å². The fourth-order valence-corrected chi connectivity index (χ4v) is 3.89. The zero-order valence-corrected chi connectivity index (χ0v) is 15.6. The van der Waals surface area contributed by atoms with Crippen LogP contribution < -0.4 is 0 Å². The Balaban J connectivity index is 1.31. The van der Waals surface area contributed by atoms with Crippen LogP contribution in [0.5, 0.6) is 0 Å². The summed E-state index contributed by atoms with van der Waals surface area (Å²) in [6.07, 6.45) is 5.18. The van der Waals surface area contributed by atoms with E-state index in [0.29, 0.717) is 43.5 Å². The monoisotopic (exact) mass is 371 g/mol.